The van der Waals surface area contributed by atoms with E-state index >= 15 is 4.39 Å². The molecule has 2 aliphatic rings. The molecule has 0 saturated carbocycles. The van der Waals surface area contributed by atoms with E-state index in [1.165, 1.54) is 16.5 Å². The molecule has 1 N–H and O–H groups in total. The second kappa shape index (κ2) is 11.0. The van der Waals surface area contributed by atoms with E-state index in [-0.39, 0.29) is 13.1 Å². The van der Waals surface area contributed by atoms with Gasteiger partial charge in [-0.3, -0.25) is 9.69 Å². The molecule has 0 aliphatic carbocycles. The number of carbonyl (C=O) groups is 2. The maximum atomic E-state index is 15.1. The smallest absolute Gasteiger partial charge is 0.414 e. The van der Waals surface area contributed by atoms with Crippen LogP contribution in [-0.4, -0.2) is 80.9 Å². The van der Waals surface area contributed by atoms with Gasteiger partial charge in [0.15, 0.2) is 0 Å². The average Bonchev–Trinajstić information content (AvgIpc) is 3.13. The molecule has 188 valence electrons. The highest BCUT2D eigenvalue weighted by Crippen LogP contribution is 2.28. The zero-order valence-corrected chi connectivity index (χ0v) is 19.4. The fourth-order valence-corrected chi connectivity index (χ4v) is 4.21. The minimum Gasteiger partial charge on any atom is -0.442 e. The van der Waals surface area contributed by atoms with Crippen molar-refractivity contribution in [3.05, 3.63) is 59.9 Å². The van der Waals surface area contributed by atoms with Crippen LogP contribution in [-0.2, 0) is 16.1 Å². The fraction of sp³-hybridized carbons (Fsp3) is 0.417. The summed E-state index contributed by atoms with van der Waals surface area (Å²) < 4.78 is 44.9. The van der Waals surface area contributed by atoms with Gasteiger partial charge in [-0.05, 0) is 23.8 Å². The van der Waals surface area contributed by atoms with E-state index in [2.05, 4.69) is 22.2 Å². The molecule has 2 heterocycles. The molecular formula is C24H28F3N5O3. The highest BCUT2D eigenvalue weighted by Gasteiger charge is 2.33. The van der Waals surface area contributed by atoms with Gasteiger partial charge in [-0.2, -0.15) is 8.78 Å². The summed E-state index contributed by atoms with van der Waals surface area (Å²) in [5.74, 6) is -1.90. The van der Waals surface area contributed by atoms with Gasteiger partial charge in [0.25, 0.3) is 5.91 Å². The summed E-state index contributed by atoms with van der Waals surface area (Å²) in [7, 11) is 2.02. The molecule has 2 aromatic carbocycles. The van der Waals surface area contributed by atoms with Crippen LogP contribution in [0.15, 0.2) is 48.5 Å². The zero-order valence-electron chi connectivity index (χ0n) is 19.4. The van der Waals surface area contributed by atoms with Crippen molar-refractivity contribution in [1.82, 2.24) is 15.3 Å². The van der Waals surface area contributed by atoms with Crippen molar-refractivity contribution in [2.45, 2.75) is 19.1 Å². The van der Waals surface area contributed by atoms with Crippen LogP contribution in [0.25, 0.3) is 0 Å². The van der Waals surface area contributed by atoms with Crippen LogP contribution < -0.4 is 15.1 Å². The lowest BCUT2D eigenvalue weighted by atomic mass is 10.2. The van der Waals surface area contributed by atoms with Crippen LogP contribution >= 0.6 is 0 Å². The third-order valence-corrected chi connectivity index (χ3v) is 6.17. The first kappa shape index (κ1) is 24.8. The van der Waals surface area contributed by atoms with E-state index in [9.17, 15) is 18.4 Å². The minimum atomic E-state index is -3.14. The van der Waals surface area contributed by atoms with E-state index in [4.69, 9.17) is 4.74 Å². The fourth-order valence-electron chi connectivity index (χ4n) is 4.21. The largest absolute Gasteiger partial charge is 0.442 e. The van der Waals surface area contributed by atoms with Gasteiger partial charge in [-0.1, -0.05) is 30.3 Å². The second-order valence-corrected chi connectivity index (χ2v) is 8.54. The molecule has 35 heavy (non-hydrogen) atoms. The summed E-state index contributed by atoms with van der Waals surface area (Å²) >= 11 is 0. The van der Waals surface area contributed by atoms with E-state index in [0.29, 0.717) is 24.5 Å². The van der Waals surface area contributed by atoms with Gasteiger partial charge >= 0.3 is 12.5 Å². The number of cyclic esters (lactones) is 1. The molecule has 11 heteroatoms. The molecule has 2 fully saturated rings. The Hall–Kier alpha value is -3.31. The Kier molecular flexibility index (Phi) is 7.76. The number of benzene rings is 2. The number of hydrogen-bond donors (Lipinski definition) is 1. The van der Waals surface area contributed by atoms with Crippen molar-refractivity contribution < 1.29 is 27.5 Å². The van der Waals surface area contributed by atoms with Crippen LogP contribution in [0, 0.1) is 5.82 Å². The second-order valence-electron chi connectivity index (χ2n) is 8.54. The zero-order chi connectivity index (χ0) is 24.9. The number of anilines is 2. The number of alkyl halides is 2. The summed E-state index contributed by atoms with van der Waals surface area (Å²) in [5.41, 5.74) is 1.95. The van der Waals surface area contributed by atoms with Crippen LogP contribution in [0.1, 0.15) is 5.56 Å². The summed E-state index contributed by atoms with van der Waals surface area (Å²) in [6.07, 6.45) is -4.67. The Morgan fingerprint density at radius 3 is 2.57 bits per heavy atom. The number of hydrazine groups is 1. The maximum absolute atomic E-state index is 15.1. The average molecular weight is 492 g/mol. The number of carbonyl (C=O) groups excluding carboxylic acids is 2. The lowest BCUT2D eigenvalue weighted by Crippen LogP contribution is -2.40. The molecule has 2 saturated heterocycles. The van der Waals surface area contributed by atoms with Crippen LogP contribution in [0.2, 0.25) is 0 Å². The number of rotatable bonds is 7. The third kappa shape index (κ3) is 6.04. The summed E-state index contributed by atoms with van der Waals surface area (Å²) in [6.45, 7) is 3.25. The van der Waals surface area contributed by atoms with Gasteiger partial charge in [0.2, 0.25) is 0 Å². The van der Waals surface area contributed by atoms with E-state index in [0.717, 1.165) is 19.6 Å². The summed E-state index contributed by atoms with van der Waals surface area (Å²) in [6, 6.07) is 14.7. The van der Waals surface area contributed by atoms with Gasteiger partial charge in [0, 0.05) is 39.8 Å². The Morgan fingerprint density at radius 2 is 1.86 bits per heavy atom. The predicted molar refractivity (Wildman–Crippen MR) is 125 cm³/mol. The molecule has 0 radical (unpaired) electrons. The molecule has 2 aliphatic heterocycles. The molecule has 2 aromatic rings. The van der Waals surface area contributed by atoms with Gasteiger partial charge < -0.3 is 15.0 Å². The van der Waals surface area contributed by atoms with Gasteiger partial charge in [0.1, 0.15) is 11.9 Å². The SMILES string of the molecule is CN1CCN(c2ccc(N3CC(CNC(=O)C(F)F)OC3=O)cc2F)CCN1Cc1ccccc1. The highest BCUT2D eigenvalue weighted by atomic mass is 19.3. The van der Waals surface area contributed by atoms with E-state index in [1.54, 1.807) is 12.1 Å². The Balaban J connectivity index is 1.38. The van der Waals surface area contributed by atoms with Crippen molar-refractivity contribution >= 4 is 23.4 Å². The van der Waals surface area contributed by atoms with E-state index in [1.807, 2.05) is 35.5 Å². The molecule has 0 bridgehead atoms. The molecule has 2 amide bonds. The Bertz CT molecular complexity index is 1040. The Morgan fingerprint density at radius 1 is 1.11 bits per heavy atom. The van der Waals surface area contributed by atoms with Crippen molar-refractivity contribution in [3.8, 4) is 0 Å². The van der Waals surface area contributed by atoms with Crippen LogP contribution in [0.5, 0.6) is 0 Å². The number of ether oxygens (including phenoxy) is 1. The monoisotopic (exact) mass is 491 g/mol. The Labute approximate surface area is 201 Å². The number of amides is 2. The number of nitrogens with one attached hydrogen (secondary N) is 1. The first-order chi connectivity index (χ1) is 16.8. The number of nitrogens with zero attached hydrogens (tertiary/aromatic N) is 4. The standard InChI is InChI=1S/C24H28F3N5O3/c1-29-9-10-30(11-12-31(29)15-17-5-3-2-4-6-17)21-8-7-18(13-20(21)25)32-16-19(35-24(32)34)14-28-23(33)22(26)27/h2-8,13,19,22H,9-12,14-16H2,1H3,(H,28,33). The lowest BCUT2D eigenvalue weighted by Gasteiger charge is -2.29. The quantitative estimate of drug-likeness (QED) is 0.643. The molecule has 4 rings (SSSR count). The van der Waals surface area contributed by atoms with Crippen molar-refractivity contribution in [1.29, 1.82) is 0 Å². The molecule has 0 spiro atoms. The van der Waals surface area contributed by atoms with E-state index < -0.39 is 30.3 Å². The maximum Gasteiger partial charge on any atom is 0.414 e. The van der Waals surface area contributed by atoms with Gasteiger partial charge in [0.05, 0.1) is 24.5 Å². The molecule has 0 aromatic heterocycles. The highest BCUT2D eigenvalue weighted by molar-refractivity contribution is 5.90. The number of likely N-dealkylation sites (N-methyl/N-ethyl adjacent to an activating group) is 1. The first-order valence-electron chi connectivity index (χ1n) is 11.4. The van der Waals surface area contributed by atoms with Crippen molar-refractivity contribution in [2.24, 2.45) is 0 Å². The normalized spacial score (nSPS) is 19.7. The van der Waals surface area contributed by atoms with Crippen LogP contribution in [0.4, 0.5) is 29.3 Å². The van der Waals surface area contributed by atoms with Gasteiger partial charge in [-0.25, -0.2) is 19.2 Å². The number of halogens is 3. The number of hydrogen-bond acceptors (Lipinski definition) is 6. The van der Waals surface area contributed by atoms with Crippen molar-refractivity contribution in [3.63, 3.8) is 0 Å². The summed E-state index contributed by atoms with van der Waals surface area (Å²) in [4.78, 5) is 26.5. The molecule has 1 unspecified atom stereocenters. The van der Waals surface area contributed by atoms with Gasteiger partial charge in [-0.15, -0.1) is 0 Å². The molecule has 1 atom stereocenters. The van der Waals surface area contributed by atoms with Crippen molar-refractivity contribution in [2.75, 3.05) is 56.1 Å². The summed E-state index contributed by atoms with van der Waals surface area (Å²) in [5, 5.41) is 6.40. The lowest BCUT2D eigenvalue weighted by molar-refractivity contribution is -0.132. The minimum absolute atomic E-state index is 0.0179. The first-order valence-corrected chi connectivity index (χ1v) is 11.4. The predicted octanol–water partition coefficient (Wildman–Crippen LogP) is 2.70. The van der Waals surface area contributed by atoms with Crippen LogP contribution in [0.3, 0.4) is 0 Å². The molecule has 8 nitrogen and oxygen atoms in total. The topological polar surface area (TPSA) is 68.4 Å². The molecular weight excluding hydrogens is 463 g/mol. The third-order valence-electron chi connectivity index (χ3n) is 6.17.